The number of nitrogens with zero attached hydrogens (tertiary/aromatic N) is 1. The van der Waals surface area contributed by atoms with E-state index in [9.17, 15) is 9.59 Å². The van der Waals surface area contributed by atoms with Crippen LogP contribution in [0.25, 0.3) is 0 Å². The summed E-state index contributed by atoms with van der Waals surface area (Å²) in [5, 5.41) is 3.51. The summed E-state index contributed by atoms with van der Waals surface area (Å²) in [5.41, 5.74) is 4.02. The lowest BCUT2D eigenvalue weighted by Crippen LogP contribution is -2.44. The van der Waals surface area contributed by atoms with Gasteiger partial charge in [0.15, 0.2) is 17.3 Å². The van der Waals surface area contributed by atoms with E-state index in [2.05, 4.69) is 19.2 Å². The molecule has 0 aromatic heterocycles. The second-order valence-electron chi connectivity index (χ2n) is 9.78. The maximum Gasteiger partial charge on any atom is 0.410 e. The third-order valence-corrected chi connectivity index (χ3v) is 6.64. The smallest absolute Gasteiger partial charge is 0.410 e. The molecule has 0 saturated carbocycles. The van der Waals surface area contributed by atoms with Crippen LogP contribution in [0.15, 0.2) is 53.7 Å². The Morgan fingerprint density at radius 3 is 2.43 bits per heavy atom. The van der Waals surface area contributed by atoms with Gasteiger partial charge < -0.3 is 19.5 Å². The number of amides is 1. The topological polar surface area (TPSA) is 77.1 Å². The van der Waals surface area contributed by atoms with Gasteiger partial charge in [0.25, 0.3) is 0 Å². The van der Waals surface area contributed by atoms with E-state index >= 15 is 0 Å². The number of rotatable bonds is 6. The second kappa shape index (κ2) is 10.0. The fourth-order valence-corrected chi connectivity index (χ4v) is 5.12. The van der Waals surface area contributed by atoms with Crippen molar-refractivity contribution in [2.75, 3.05) is 32.7 Å². The van der Waals surface area contributed by atoms with Crippen molar-refractivity contribution in [3.05, 3.63) is 64.9 Å². The van der Waals surface area contributed by atoms with Gasteiger partial charge in [-0.25, -0.2) is 4.79 Å². The van der Waals surface area contributed by atoms with E-state index in [-0.39, 0.29) is 17.8 Å². The predicted molar refractivity (Wildman–Crippen MR) is 135 cm³/mol. The largest absolute Gasteiger partial charge is 0.493 e. The molecule has 0 spiro atoms. The molecular weight excluding hydrogens is 444 g/mol. The zero-order valence-corrected chi connectivity index (χ0v) is 21.1. The molecule has 1 aliphatic carbocycles. The van der Waals surface area contributed by atoms with E-state index in [0.717, 1.165) is 22.5 Å². The summed E-state index contributed by atoms with van der Waals surface area (Å²) in [7, 11) is 3.19. The van der Waals surface area contributed by atoms with Crippen molar-refractivity contribution in [2.45, 2.75) is 46.1 Å². The predicted octanol–water partition coefficient (Wildman–Crippen LogP) is 5.51. The monoisotopic (exact) mass is 478 g/mol. The Morgan fingerprint density at radius 2 is 1.77 bits per heavy atom. The quantitative estimate of drug-likeness (QED) is 0.590. The minimum atomic E-state index is -0.590. The molecular formula is C28H34N2O5. The summed E-state index contributed by atoms with van der Waals surface area (Å²) < 4.78 is 16.5. The highest BCUT2D eigenvalue weighted by atomic mass is 16.6. The van der Waals surface area contributed by atoms with E-state index in [0.29, 0.717) is 42.9 Å². The molecule has 1 unspecified atom stereocenters. The number of hydrogen-bond donors (Lipinski definition) is 1. The fourth-order valence-electron chi connectivity index (χ4n) is 5.12. The van der Waals surface area contributed by atoms with Gasteiger partial charge in [-0.2, -0.15) is 0 Å². The lowest BCUT2D eigenvalue weighted by atomic mass is 9.72. The Morgan fingerprint density at radius 1 is 1.09 bits per heavy atom. The number of hydrogen-bond acceptors (Lipinski definition) is 6. The highest BCUT2D eigenvalue weighted by Gasteiger charge is 2.43. The molecule has 1 amide bonds. The van der Waals surface area contributed by atoms with Crippen molar-refractivity contribution >= 4 is 17.6 Å². The van der Waals surface area contributed by atoms with Crippen molar-refractivity contribution in [3.8, 4) is 11.5 Å². The maximum atomic E-state index is 13.8. The number of carbonyl (C=O) groups is 2. The first-order valence-electron chi connectivity index (χ1n) is 12.0. The standard InChI is InChI=1S/C28H34N2O5/c1-6-35-27(32)30-13-12-18-14-23(33-4)24(34-5)15-20(18)26(30)25-21(16-28(2,3)17-22(25)31)29-19-10-8-7-9-11-19/h7-11,14-15,26,29H,6,12-13,16-17H2,1-5H3. The van der Waals surface area contributed by atoms with Crippen LogP contribution in [0.2, 0.25) is 0 Å². The molecule has 35 heavy (non-hydrogen) atoms. The van der Waals surface area contributed by atoms with E-state index in [4.69, 9.17) is 14.2 Å². The molecule has 1 aliphatic heterocycles. The van der Waals surface area contributed by atoms with Gasteiger partial charge >= 0.3 is 6.09 Å². The number of carbonyl (C=O) groups excluding carboxylic acids is 2. The van der Waals surface area contributed by atoms with Crippen LogP contribution in [0.5, 0.6) is 11.5 Å². The van der Waals surface area contributed by atoms with Crippen LogP contribution in [0.4, 0.5) is 10.5 Å². The lowest BCUT2D eigenvalue weighted by Gasteiger charge is -2.42. The molecule has 7 nitrogen and oxygen atoms in total. The SMILES string of the molecule is CCOC(=O)N1CCc2cc(OC)c(OC)cc2C1C1=C(Nc2ccccc2)CC(C)(C)CC1=O. The minimum Gasteiger partial charge on any atom is -0.493 e. The van der Waals surface area contributed by atoms with Crippen molar-refractivity contribution < 1.29 is 23.8 Å². The van der Waals surface area contributed by atoms with Crippen LogP contribution in [-0.2, 0) is 16.0 Å². The number of ketones is 1. The summed E-state index contributed by atoms with van der Waals surface area (Å²) in [4.78, 5) is 28.6. The van der Waals surface area contributed by atoms with Crippen molar-refractivity contribution in [3.63, 3.8) is 0 Å². The van der Waals surface area contributed by atoms with Crippen LogP contribution < -0.4 is 14.8 Å². The van der Waals surface area contributed by atoms with Gasteiger partial charge in [0.05, 0.1) is 26.9 Å². The van der Waals surface area contributed by atoms with E-state index in [1.165, 1.54) is 0 Å². The number of benzene rings is 2. The minimum absolute atomic E-state index is 0.0293. The molecule has 4 rings (SSSR count). The van der Waals surface area contributed by atoms with E-state index < -0.39 is 12.1 Å². The zero-order chi connectivity index (χ0) is 25.2. The molecule has 2 aliphatic rings. The maximum absolute atomic E-state index is 13.8. The highest BCUT2D eigenvalue weighted by Crippen LogP contribution is 2.47. The van der Waals surface area contributed by atoms with Crippen LogP contribution >= 0.6 is 0 Å². The van der Waals surface area contributed by atoms with Crippen LogP contribution in [0, 0.1) is 5.41 Å². The van der Waals surface area contributed by atoms with Gasteiger partial charge in [-0.3, -0.25) is 9.69 Å². The lowest BCUT2D eigenvalue weighted by molar-refractivity contribution is -0.118. The first kappa shape index (κ1) is 24.6. The summed E-state index contributed by atoms with van der Waals surface area (Å²) in [6.07, 6.45) is 1.28. The summed E-state index contributed by atoms with van der Waals surface area (Å²) in [6, 6.07) is 13.1. The van der Waals surface area contributed by atoms with E-state index in [1.54, 1.807) is 26.0 Å². The van der Waals surface area contributed by atoms with Crippen molar-refractivity contribution in [1.82, 2.24) is 4.90 Å². The number of para-hydroxylation sites is 1. The van der Waals surface area contributed by atoms with Crippen LogP contribution in [0.3, 0.4) is 0 Å². The normalized spacial score (nSPS) is 19.2. The number of fused-ring (bicyclic) bond motifs is 1. The van der Waals surface area contributed by atoms with Crippen molar-refractivity contribution in [1.29, 1.82) is 0 Å². The molecule has 2 aromatic rings. The van der Waals surface area contributed by atoms with Crippen molar-refractivity contribution in [2.24, 2.45) is 5.41 Å². The van der Waals surface area contributed by atoms with Gasteiger partial charge in [-0.1, -0.05) is 32.0 Å². The zero-order valence-electron chi connectivity index (χ0n) is 21.1. The molecule has 1 atom stereocenters. The van der Waals surface area contributed by atoms with Crippen LogP contribution in [0.1, 0.15) is 50.8 Å². The third kappa shape index (κ3) is 4.99. The Bertz CT molecular complexity index is 1140. The summed E-state index contributed by atoms with van der Waals surface area (Å²) >= 11 is 0. The van der Waals surface area contributed by atoms with Gasteiger partial charge in [-0.05, 0) is 60.6 Å². The number of ether oxygens (including phenoxy) is 3. The van der Waals surface area contributed by atoms with Gasteiger partial charge in [0.2, 0.25) is 0 Å². The molecule has 7 heteroatoms. The molecule has 1 N–H and O–H groups in total. The number of methoxy groups -OCH3 is 2. The average molecular weight is 479 g/mol. The Labute approximate surface area is 207 Å². The van der Waals surface area contributed by atoms with E-state index in [1.807, 2.05) is 42.5 Å². The summed E-state index contributed by atoms with van der Waals surface area (Å²) in [6.45, 7) is 6.68. The highest BCUT2D eigenvalue weighted by molar-refractivity contribution is 6.00. The fraction of sp³-hybridized carbons (Fsp3) is 0.429. The van der Waals surface area contributed by atoms with Gasteiger partial charge in [0.1, 0.15) is 0 Å². The Balaban J connectivity index is 1.93. The molecule has 2 aromatic carbocycles. The molecule has 1 heterocycles. The molecule has 0 bridgehead atoms. The molecule has 0 fully saturated rings. The first-order valence-corrected chi connectivity index (χ1v) is 12.0. The number of allylic oxidation sites excluding steroid dienone is 1. The van der Waals surface area contributed by atoms with Gasteiger partial charge in [0, 0.05) is 29.9 Å². The van der Waals surface area contributed by atoms with Crippen LogP contribution in [-0.4, -0.2) is 44.1 Å². The second-order valence-corrected chi connectivity index (χ2v) is 9.78. The van der Waals surface area contributed by atoms with Gasteiger partial charge in [-0.15, -0.1) is 0 Å². The number of nitrogens with one attached hydrogen (secondary N) is 1. The summed E-state index contributed by atoms with van der Waals surface area (Å²) in [5.74, 6) is 1.22. The Hall–Kier alpha value is -3.48. The Kier molecular flexibility index (Phi) is 7.05. The molecule has 0 radical (unpaired) electrons. The third-order valence-electron chi connectivity index (χ3n) is 6.64. The molecule has 0 saturated heterocycles. The first-order chi connectivity index (χ1) is 16.8. The molecule has 186 valence electrons. The average Bonchev–Trinajstić information content (AvgIpc) is 2.82. The number of anilines is 1. The number of Topliss-reactive ketones (excluding diaryl/α,β-unsaturated/α-hetero) is 1.